The van der Waals surface area contributed by atoms with Gasteiger partial charge in [0.05, 0.1) is 12.5 Å². The lowest BCUT2D eigenvalue weighted by atomic mass is 10.0. The van der Waals surface area contributed by atoms with E-state index in [4.69, 9.17) is 4.42 Å². The normalized spacial score (nSPS) is 8.79. The number of aromatic nitrogens is 3. The zero-order chi connectivity index (χ0) is 89.0. The van der Waals surface area contributed by atoms with Gasteiger partial charge in [-0.2, -0.15) is 11.3 Å². The van der Waals surface area contributed by atoms with E-state index in [0.717, 1.165) is 22.6 Å². The van der Waals surface area contributed by atoms with Gasteiger partial charge in [0.15, 0.2) is 0 Å². The summed E-state index contributed by atoms with van der Waals surface area (Å²) in [6, 6.07) is 92.0. The van der Waals surface area contributed by atoms with E-state index >= 15 is 0 Å². The van der Waals surface area contributed by atoms with Crippen molar-refractivity contribution in [1.82, 2.24) is 14.5 Å². The molecule has 628 valence electrons. The van der Waals surface area contributed by atoms with E-state index in [1.165, 1.54) is 83.6 Å². The summed E-state index contributed by atoms with van der Waals surface area (Å²) < 4.78 is 11.5. The SMILES string of the molecule is C(=Cc1ccccc1)c1ccccc1.CC.CC.CC.CC.CC.CC.CC.CC.CC.CC.CC=Cc1ccc(C=CC)cc1.Cc1cc(C)nc(C)n1.Cc1ccc(-c2ccc(C)cc2)cc1.Cc1ccc(C)cc1.Cc1cccc2cccc(C)c12.Cn1cccc1.O=c1ccc2ccccc2o1.c1ccoc1.c1ccsc1. The molecule has 7 heteroatoms. The summed E-state index contributed by atoms with van der Waals surface area (Å²) in [7, 11) is 2.00. The summed E-state index contributed by atoms with van der Waals surface area (Å²) in [6.07, 6.45) is 19.8. The van der Waals surface area contributed by atoms with Crippen molar-refractivity contribution in [2.24, 2.45) is 7.05 Å². The molecule has 14 aromatic rings. The Morgan fingerprint density at radius 3 is 0.940 bits per heavy atom. The zero-order valence-corrected chi connectivity index (χ0v) is 78.7. The first kappa shape index (κ1) is 116. The standard InChI is InChI=1S/C14H14.C14H12.C12H12.C12H14.C9H6O2.C8H10.C7H10N2.C5H7N.C4H4O.C4H4S.10C2H6/c1-11-3-7-13(8-4-11)14-9-5-12(2)6-10-14;1-3-7-13(8-4-1)11-12-14-9-5-2-6-10-14;1-9-5-3-7-11-8-4-6-10(2)12(9)11;1-3-5-11-7-9-12(6-4-2)10-8-11;10-9-6-5-7-3-1-2-4-8(7)11-9;1-7-3-5-8(2)6-4-7;1-5-4-6(2)9-7(3)8-5;1-6-4-2-3-5-6;2*1-2-4-5-3-1;10*1-2/h3-10H,1-2H3;1-12H;3-8H,1-2H3;3-10H,1-2H3;1-6H;3-6H,1-2H3;4H,1-3H3;2-5H,1H3;2*1-4H;10*1-2H3. The Labute approximate surface area is 713 Å². The highest BCUT2D eigenvalue weighted by molar-refractivity contribution is 7.07. The van der Waals surface area contributed by atoms with Crippen LogP contribution in [-0.4, -0.2) is 14.5 Å². The molecule has 0 N–H and O–H groups in total. The molecule has 14 rings (SSSR count). The van der Waals surface area contributed by atoms with Crippen LogP contribution < -0.4 is 5.63 Å². The summed E-state index contributed by atoms with van der Waals surface area (Å²) >= 11 is 1.71. The van der Waals surface area contributed by atoms with Crippen molar-refractivity contribution in [3.63, 3.8) is 0 Å². The van der Waals surface area contributed by atoms with Gasteiger partial charge in [0.1, 0.15) is 11.4 Å². The molecule has 0 fully saturated rings. The number of hydrogen-bond donors (Lipinski definition) is 0. The van der Waals surface area contributed by atoms with E-state index in [1.807, 2.05) is 317 Å². The van der Waals surface area contributed by atoms with Crippen molar-refractivity contribution in [2.45, 2.75) is 215 Å². The van der Waals surface area contributed by atoms with Crippen LogP contribution in [0.25, 0.3) is 57.2 Å². The topological polar surface area (TPSA) is 74.1 Å². The monoisotopic (exact) mass is 1580 g/mol. The summed E-state index contributed by atoms with van der Waals surface area (Å²) in [4.78, 5) is 19.0. The van der Waals surface area contributed by atoms with Crippen molar-refractivity contribution in [3.8, 4) is 11.1 Å². The number of fused-ring (bicyclic) bond motifs is 2. The lowest BCUT2D eigenvalue weighted by Gasteiger charge is -2.04. The van der Waals surface area contributed by atoms with Gasteiger partial charge >= 0.3 is 5.63 Å². The molecule has 0 aliphatic heterocycles. The van der Waals surface area contributed by atoms with Gasteiger partial charge in [-0.3, -0.25) is 0 Å². The molecule has 0 bridgehead atoms. The second-order valence-electron chi connectivity index (χ2n) is 22.4. The molecule has 5 aromatic heterocycles. The van der Waals surface area contributed by atoms with E-state index in [2.05, 4.69) is 238 Å². The van der Waals surface area contributed by atoms with E-state index in [0.29, 0.717) is 5.58 Å². The van der Waals surface area contributed by atoms with Crippen LogP contribution in [0.2, 0.25) is 0 Å². The predicted molar refractivity (Wildman–Crippen MR) is 529 cm³/mol. The highest BCUT2D eigenvalue weighted by Gasteiger charge is 1.99. The second kappa shape index (κ2) is 84.9. The average Bonchev–Trinajstić information content (AvgIpc) is 0.827. The fraction of sp³-hybridized carbons (Fsp3) is 0.294. The van der Waals surface area contributed by atoms with E-state index in [1.54, 1.807) is 36.0 Å². The molecule has 5 heterocycles. The third-order valence-electron chi connectivity index (χ3n) is 13.9. The highest BCUT2D eigenvalue weighted by Crippen LogP contribution is 2.22. The Morgan fingerprint density at radius 1 is 0.319 bits per heavy atom. The fourth-order valence-corrected chi connectivity index (χ4v) is 9.54. The minimum Gasteiger partial charge on any atom is -0.473 e. The molecule has 0 saturated heterocycles. The third-order valence-corrected chi connectivity index (χ3v) is 14.6. The summed E-state index contributed by atoms with van der Waals surface area (Å²) in [5, 5.41) is 7.78. The van der Waals surface area contributed by atoms with Crippen molar-refractivity contribution < 1.29 is 8.83 Å². The predicted octanol–water partition coefficient (Wildman–Crippen LogP) is 34.8. The Bertz CT molecular complexity index is 4160. The van der Waals surface area contributed by atoms with Crippen LogP contribution in [0.4, 0.5) is 0 Å². The summed E-state index contributed by atoms with van der Waals surface area (Å²) in [5.41, 5.74) is 18.0. The van der Waals surface area contributed by atoms with Gasteiger partial charge in [-0.15, -0.1) is 0 Å². The minimum atomic E-state index is -0.302. The molecular formula is C109H153N3O3S. The van der Waals surface area contributed by atoms with Crippen LogP contribution in [-0.2, 0) is 7.05 Å². The van der Waals surface area contributed by atoms with Crippen LogP contribution in [0.5, 0.6) is 0 Å². The fourth-order valence-electron chi connectivity index (χ4n) is 9.09. The van der Waals surface area contributed by atoms with E-state index in [-0.39, 0.29) is 5.63 Å². The molecule has 0 amide bonds. The zero-order valence-electron chi connectivity index (χ0n) is 77.9. The van der Waals surface area contributed by atoms with E-state index in [9.17, 15) is 4.79 Å². The molecule has 0 aliphatic carbocycles. The van der Waals surface area contributed by atoms with Crippen LogP contribution in [0.3, 0.4) is 0 Å². The molecule has 0 aliphatic rings. The van der Waals surface area contributed by atoms with Gasteiger partial charge in [-0.25, -0.2) is 14.8 Å². The smallest absolute Gasteiger partial charge is 0.336 e. The maximum Gasteiger partial charge on any atom is 0.336 e. The number of allylic oxidation sites excluding steroid dienone is 2. The molecule has 6 nitrogen and oxygen atoms in total. The first-order chi connectivity index (χ1) is 56.6. The Morgan fingerprint density at radius 2 is 0.647 bits per heavy atom. The van der Waals surface area contributed by atoms with Crippen molar-refractivity contribution in [2.75, 3.05) is 0 Å². The molecule has 0 saturated carbocycles. The number of hydrogen-bond acceptors (Lipinski definition) is 6. The van der Waals surface area contributed by atoms with Gasteiger partial charge in [-0.05, 0) is 185 Å². The maximum atomic E-state index is 10.7. The van der Waals surface area contributed by atoms with Crippen LogP contribution in [0.15, 0.2) is 334 Å². The number of benzene rings is 9. The van der Waals surface area contributed by atoms with Crippen LogP contribution in [0, 0.1) is 62.3 Å². The first-order valence-electron chi connectivity index (χ1n) is 42.1. The second-order valence-corrected chi connectivity index (χ2v) is 23.2. The number of thiophene rings is 1. The number of furan rings is 1. The van der Waals surface area contributed by atoms with Crippen LogP contribution >= 0.6 is 11.3 Å². The number of aryl methyl sites for hydroxylation is 10. The lowest BCUT2D eigenvalue weighted by molar-refractivity contribution is 0.561. The van der Waals surface area contributed by atoms with Gasteiger partial charge in [0.2, 0.25) is 0 Å². The molecule has 0 unspecified atom stereocenters. The largest absolute Gasteiger partial charge is 0.473 e. The molecular weight excluding hydrogens is 1430 g/mol. The average molecular weight is 1590 g/mol. The third kappa shape index (κ3) is 60.6. The van der Waals surface area contributed by atoms with E-state index < -0.39 is 0 Å². The lowest BCUT2D eigenvalue weighted by Crippen LogP contribution is -1.93. The van der Waals surface area contributed by atoms with Gasteiger partial charge < -0.3 is 13.4 Å². The van der Waals surface area contributed by atoms with Crippen molar-refractivity contribution >= 4 is 57.4 Å². The maximum absolute atomic E-state index is 10.7. The van der Waals surface area contributed by atoms with Crippen LogP contribution in [0.1, 0.15) is 225 Å². The Kier molecular flexibility index (Phi) is 84.8. The molecule has 0 spiro atoms. The summed E-state index contributed by atoms with van der Waals surface area (Å²) in [6.45, 7) is 62.6. The highest BCUT2D eigenvalue weighted by atomic mass is 32.1. The summed E-state index contributed by atoms with van der Waals surface area (Å²) in [5.74, 6) is 0.854. The minimum absolute atomic E-state index is 0.302. The number of para-hydroxylation sites is 1. The first-order valence-corrected chi connectivity index (χ1v) is 43.1. The molecule has 0 atom stereocenters. The number of rotatable bonds is 5. The molecule has 116 heavy (non-hydrogen) atoms. The van der Waals surface area contributed by atoms with Gasteiger partial charge in [-0.1, -0.05) is 422 Å². The molecule has 9 aromatic carbocycles. The quantitative estimate of drug-likeness (QED) is 0.127. The van der Waals surface area contributed by atoms with Crippen molar-refractivity contribution in [3.05, 3.63) is 404 Å². The Hall–Kier alpha value is -11.0. The van der Waals surface area contributed by atoms with Gasteiger partial charge in [0.25, 0.3) is 0 Å². The number of nitrogens with zero attached hydrogens (tertiary/aromatic N) is 3. The Balaban J connectivity index is -0.000000286. The van der Waals surface area contributed by atoms with Gasteiger partial charge in [0, 0.05) is 42.3 Å². The molecule has 0 radical (unpaired) electrons. The van der Waals surface area contributed by atoms with Crippen molar-refractivity contribution in [1.29, 1.82) is 0 Å².